The van der Waals surface area contributed by atoms with E-state index in [1.54, 1.807) is 30.3 Å². The lowest BCUT2D eigenvalue weighted by molar-refractivity contribution is -0.0126. The van der Waals surface area contributed by atoms with E-state index in [1.165, 1.54) is 19.2 Å². The lowest BCUT2D eigenvalue weighted by Gasteiger charge is -2.34. The quantitative estimate of drug-likeness (QED) is 0.456. The summed E-state index contributed by atoms with van der Waals surface area (Å²) in [7, 11) is 1.44. The Hall–Kier alpha value is -4.11. The van der Waals surface area contributed by atoms with Crippen molar-refractivity contribution in [2.75, 3.05) is 13.7 Å². The Morgan fingerprint density at radius 3 is 2.44 bits per heavy atom. The van der Waals surface area contributed by atoms with Crippen LogP contribution in [0.25, 0.3) is 0 Å². The summed E-state index contributed by atoms with van der Waals surface area (Å²) < 4.78 is 23.2. The number of Topliss-reactive ketones (excluding diaryl/α,β-unsaturated/α-hetero) is 1. The van der Waals surface area contributed by atoms with Crippen molar-refractivity contribution >= 4 is 5.78 Å². The maximum Gasteiger partial charge on any atom is 0.174 e. The largest absolute Gasteiger partial charge is 0.508 e. The molecule has 0 amide bonds. The van der Waals surface area contributed by atoms with Crippen LogP contribution in [0, 0.1) is 0 Å². The van der Waals surface area contributed by atoms with Crippen LogP contribution in [0.4, 0.5) is 0 Å². The van der Waals surface area contributed by atoms with Gasteiger partial charge in [-0.15, -0.1) is 0 Å². The number of ketones is 1. The first-order valence-corrected chi connectivity index (χ1v) is 10.6. The van der Waals surface area contributed by atoms with Gasteiger partial charge in [-0.3, -0.25) is 4.79 Å². The molecule has 0 spiro atoms. The van der Waals surface area contributed by atoms with Gasteiger partial charge in [0.15, 0.2) is 41.0 Å². The van der Waals surface area contributed by atoms with Crippen molar-refractivity contribution in [3.63, 3.8) is 0 Å². The highest BCUT2D eigenvalue weighted by atomic mass is 16.6. The lowest BCUT2D eigenvalue weighted by atomic mass is 9.95. The fourth-order valence-corrected chi connectivity index (χ4v) is 4.25. The molecule has 2 aliphatic heterocycles. The minimum absolute atomic E-state index is 0.0111. The topological polar surface area (TPSA) is 135 Å². The average molecular weight is 466 g/mol. The molecule has 0 saturated heterocycles. The second-order valence-electron chi connectivity index (χ2n) is 8.09. The first-order valence-electron chi connectivity index (χ1n) is 10.6. The number of aromatic hydroxyl groups is 3. The molecular weight excluding hydrogens is 444 g/mol. The molecule has 2 unspecified atom stereocenters. The maximum atomic E-state index is 12.7. The number of phenols is 3. The van der Waals surface area contributed by atoms with Crippen molar-refractivity contribution < 1.29 is 44.2 Å². The highest BCUT2D eigenvalue weighted by Crippen LogP contribution is 2.45. The van der Waals surface area contributed by atoms with Crippen LogP contribution in [-0.4, -0.2) is 46.0 Å². The average Bonchev–Trinajstić information content (AvgIpc) is 2.82. The first-order chi connectivity index (χ1) is 16.4. The third-order valence-corrected chi connectivity index (χ3v) is 5.91. The van der Waals surface area contributed by atoms with Crippen LogP contribution in [0.2, 0.25) is 0 Å². The summed E-state index contributed by atoms with van der Waals surface area (Å²) in [5.74, 6) is 0.287. The van der Waals surface area contributed by atoms with Gasteiger partial charge < -0.3 is 39.4 Å². The monoisotopic (exact) mass is 466 g/mol. The van der Waals surface area contributed by atoms with Crippen molar-refractivity contribution in [1.82, 2.24) is 0 Å². The van der Waals surface area contributed by atoms with Gasteiger partial charge >= 0.3 is 0 Å². The number of hydrogen-bond donors (Lipinski definition) is 4. The summed E-state index contributed by atoms with van der Waals surface area (Å²) in [5.41, 5.74) is 1.31. The van der Waals surface area contributed by atoms with Gasteiger partial charge in [0, 0.05) is 17.7 Å². The third kappa shape index (κ3) is 3.69. The van der Waals surface area contributed by atoms with Crippen molar-refractivity contribution in [2.45, 2.75) is 24.7 Å². The number of carbonyl (C=O) groups excluding carboxylic acids is 1. The van der Waals surface area contributed by atoms with Crippen molar-refractivity contribution in [3.8, 4) is 40.2 Å². The number of hydrogen-bond acceptors (Lipinski definition) is 9. The Morgan fingerprint density at radius 1 is 0.882 bits per heavy atom. The molecule has 0 fully saturated rings. The van der Waals surface area contributed by atoms with Crippen molar-refractivity contribution in [1.29, 1.82) is 0 Å². The van der Waals surface area contributed by atoms with Gasteiger partial charge in [-0.2, -0.15) is 0 Å². The molecule has 9 heteroatoms. The minimum Gasteiger partial charge on any atom is -0.508 e. The molecule has 0 saturated carbocycles. The highest BCUT2D eigenvalue weighted by Gasteiger charge is 2.35. The summed E-state index contributed by atoms with van der Waals surface area (Å²) in [6.07, 6.45) is -2.07. The maximum absolute atomic E-state index is 12.7. The number of carbonyl (C=O) groups is 1. The summed E-state index contributed by atoms with van der Waals surface area (Å²) in [4.78, 5) is 12.7. The van der Waals surface area contributed by atoms with Crippen LogP contribution >= 0.6 is 0 Å². The molecule has 176 valence electrons. The zero-order chi connectivity index (χ0) is 24.0. The van der Waals surface area contributed by atoms with Crippen LogP contribution in [0.5, 0.6) is 40.2 Å². The Bertz CT molecular complexity index is 1270. The Kier molecular flexibility index (Phi) is 5.33. The summed E-state index contributed by atoms with van der Waals surface area (Å²) in [6, 6.07) is 12.2. The molecule has 5 rings (SSSR count). The fraction of sp³-hybridized carbons (Fsp3) is 0.240. The lowest BCUT2D eigenvalue weighted by Crippen LogP contribution is -2.36. The predicted octanol–water partition coefficient (Wildman–Crippen LogP) is 3.39. The van der Waals surface area contributed by atoms with E-state index in [0.29, 0.717) is 22.6 Å². The van der Waals surface area contributed by atoms with Crippen LogP contribution in [0.3, 0.4) is 0 Å². The standard InChI is InChI=1S/C25H22O9/c1-31-20-7-13(2-4-15(20)28)25-23(11-26)32-18-5-3-12(6-21(18)34-25)19-10-17(30)24-16(29)8-14(27)9-22(24)33-19/h2-9,19,23,25-29H,10-11H2,1H3/t19?,23-,25?/m1/s1. The van der Waals surface area contributed by atoms with Crippen molar-refractivity contribution in [3.05, 3.63) is 65.2 Å². The van der Waals surface area contributed by atoms with Crippen LogP contribution < -0.4 is 18.9 Å². The van der Waals surface area contributed by atoms with Gasteiger partial charge in [0.25, 0.3) is 0 Å². The van der Waals surface area contributed by atoms with E-state index in [9.17, 15) is 25.2 Å². The van der Waals surface area contributed by atoms with Gasteiger partial charge in [0.2, 0.25) is 0 Å². The van der Waals surface area contributed by atoms with E-state index in [-0.39, 0.29) is 53.1 Å². The fourth-order valence-electron chi connectivity index (χ4n) is 4.25. The van der Waals surface area contributed by atoms with E-state index in [4.69, 9.17) is 18.9 Å². The van der Waals surface area contributed by atoms with Gasteiger partial charge in [0.05, 0.1) is 20.1 Å². The van der Waals surface area contributed by atoms with Gasteiger partial charge in [-0.05, 0) is 29.8 Å². The smallest absolute Gasteiger partial charge is 0.174 e. The molecule has 9 nitrogen and oxygen atoms in total. The van der Waals surface area contributed by atoms with E-state index in [0.717, 1.165) is 6.07 Å². The Morgan fingerprint density at radius 2 is 1.68 bits per heavy atom. The highest BCUT2D eigenvalue weighted by molar-refractivity contribution is 6.02. The molecular formula is C25H22O9. The van der Waals surface area contributed by atoms with Crippen LogP contribution in [-0.2, 0) is 0 Å². The molecule has 3 aromatic rings. The Labute approximate surface area is 194 Å². The van der Waals surface area contributed by atoms with Crippen LogP contribution in [0.1, 0.15) is 40.1 Å². The number of aliphatic hydroxyl groups excluding tert-OH is 1. The van der Waals surface area contributed by atoms with Gasteiger partial charge in [0.1, 0.15) is 28.9 Å². The van der Waals surface area contributed by atoms with Gasteiger partial charge in [-0.25, -0.2) is 0 Å². The zero-order valence-electron chi connectivity index (χ0n) is 18.1. The molecule has 0 aliphatic carbocycles. The molecule has 2 aliphatic rings. The number of fused-ring (bicyclic) bond motifs is 2. The SMILES string of the molecule is COc1cc(C2Oc3cc(C4CC(=O)c5c(O)cc(O)cc5O4)ccc3O[C@@H]2CO)ccc1O. The Balaban J connectivity index is 1.46. The molecule has 2 heterocycles. The van der Waals surface area contributed by atoms with Gasteiger partial charge in [-0.1, -0.05) is 12.1 Å². The molecule has 0 radical (unpaired) electrons. The second kappa shape index (κ2) is 8.35. The second-order valence-corrected chi connectivity index (χ2v) is 8.09. The predicted molar refractivity (Wildman–Crippen MR) is 118 cm³/mol. The summed E-state index contributed by atoms with van der Waals surface area (Å²) in [5, 5.41) is 39.6. The van der Waals surface area contributed by atoms with E-state index in [2.05, 4.69) is 0 Å². The number of phenolic OH excluding ortho intramolecular Hbond substituents is 3. The van der Waals surface area contributed by atoms with E-state index < -0.39 is 18.3 Å². The number of aliphatic hydroxyl groups is 1. The number of ether oxygens (including phenoxy) is 4. The zero-order valence-corrected chi connectivity index (χ0v) is 18.1. The molecule has 3 atom stereocenters. The number of rotatable bonds is 4. The summed E-state index contributed by atoms with van der Waals surface area (Å²) >= 11 is 0. The minimum atomic E-state index is -0.696. The molecule has 3 aromatic carbocycles. The van der Waals surface area contributed by atoms with E-state index in [1.807, 2.05) is 0 Å². The third-order valence-electron chi connectivity index (χ3n) is 5.91. The molecule has 34 heavy (non-hydrogen) atoms. The van der Waals surface area contributed by atoms with E-state index >= 15 is 0 Å². The molecule has 0 aromatic heterocycles. The normalized spacial score (nSPS) is 20.9. The molecule has 0 bridgehead atoms. The summed E-state index contributed by atoms with van der Waals surface area (Å²) in [6.45, 7) is -0.306. The van der Waals surface area contributed by atoms with Crippen LogP contribution in [0.15, 0.2) is 48.5 Å². The number of benzene rings is 3. The van der Waals surface area contributed by atoms with Crippen molar-refractivity contribution in [2.24, 2.45) is 0 Å². The first kappa shape index (κ1) is 21.7. The number of methoxy groups -OCH3 is 1. The molecule has 4 N–H and O–H groups in total.